The molecule has 0 radical (unpaired) electrons. The van der Waals surface area contributed by atoms with E-state index in [4.69, 9.17) is 5.73 Å². The highest BCUT2D eigenvalue weighted by molar-refractivity contribution is 7.84. The molecule has 16 heavy (non-hydrogen) atoms. The van der Waals surface area contributed by atoms with Crippen LogP contribution in [0.5, 0.6) is 0 Å². The predicted octanol–water partition coefficient (Wildman–Crippen LogP) is 2.29. The average Bonchev–Trinajstić information content (AvgIpc) is 2.16. The average molecular weight is 239 g/mol. The summed E-state index contributed by atoms with van der Waals surface area (Å²) in [6.07, 6.45) is 0.831. The van der Waals surface area contributed by atoms with E-state index >= 15 is 0 Å². The van der Waals surface area contributed by atoms with E-state index in [1.54, 1.807) is 0 Å². The van der Waals surface area contributed by atoms with Gasteiger partial charge in [-0.2, -0.15) is 0 Å². The first-order valence-corrected chi connectivity index (χ1v) is 7.05. The van der Waals surface area contributed by atoms with Gasteiger partial charge in [-0.3, -0.25) is 4.21 Å². The summed E-state index contributed by atoms with van der Waals surface area (Å²) in [5.41, 5.74) is 9.11. The largest absolute Gasteiger partial charge is 0.330 e. The van der Waals surface area contributed by atoms with E-state index in [2.05, 4.69) is 32.0 Å². The van der Waals surface area contributed by atoms with Gasteiger partial charge in [0.1, 0.15) is 0 Å². The predicted molar refractivity (Wildman–Crippen MR) is 70.9 cm³/mol. The topological polar surface area (TPSA) is 43.1 Å². The van der Waals surface area contributed by atoms with Crippen LogP contribution in [0.2, 0.25) is 0 Å². The van der Waals surface area contributed by atoms with E-state index < -0.39 is 10.8 Å². The van der Waals surface area contributed by atoms with E-state index in [1.165, 1.54) is 16.7 Å². The Balaban J connectivity index is 2.69. The Hall–Kier alpha value is -0.670. The fourth-order valence-corrected chi connectivity index (χ4v) is 3.00. The van der Waals surface area contributed by atoms with Crippen LogP contribution in [0, 0.1) is 13.8 Å². The Kier molecular flexibility index (Phi) is 5.16. The number of rotatable bonds is 5. The lowest BCUT2D eigenvalue weighted by Gasteiger charge is -2.11. The van der Waals surface area contributed by atoms with Gasteiger partial charge in [0, 0.05) is 21.8 Å². The molecule has 1 aromatic rings. The Morgan fingerprint density at radius 3 is 2.31 bits per heavy atom. The molecule has 0 aromatic heterocycles. The molecule has 2 N–H and O–H groups in total. The SMILES string of the molecule is Cc1cc(C)cc(CS(=O)C(C)CCN)c1. The maximum absolute atomic E-state index is 12.0. The van der Waals surface area contributed by atoms with Crippen molar-refractivity contribution in [3.63, 3.8) is 0 Å². The summed E-state index contributed by atoms with van der Waals surface area (Å²) in [7, 11) is -0.812. The summed E-state index contributed by atoms with van der Waals surface area (Å²) < 4.78 is 12.0. The molecular formula is C13H21NOS. The second-order valence-corrected chi connectivity index (χ2v) is 6.26. The Morgan fingerprint density at radius 2 is 1.81 bits per heavy atom. The zero-order valence-electron chi connectivity index (χ0n) is 10.3. The Labute approximate surface area is 101 Å². The van der Waals surface area contributed by atoms with Crippen LogP contribution in [0.15, 0.2) is 18.2 Å². The van der Waals surface area contributed by atoms with Crippen LogP contribution in [0.1, 0.15) is 30.0 Å². The van der Waals surface area contributed by atoms with Gasteiger partial charge in [-0.15, -0.1) is 0 Å². The van der Waals surface area contributed by atoms with Gasteiger partial charge in [0.2, 0.25) is 0 Å². The molecule has 3 heteroatoms. The first-order chi connectivity index (χ1) is 7.52. The van der Waals surface area contributed by atoms with E-state index in [-0.39, 0.29) is 5.25 Å². The molecule has 0 fully saturated rings. The fourth-order valence-electron chi connectivity index (χ4n) is 1.82. The van der Waals surface area contributed by atoms with Crippen molar-refractivity contribution in [1.29, 1.82) is 0 Å². The normalized spacial score (nSPS) is 14.8. The third-order valence-electron chi connectivity index (χ3n) is 2.61. The van der Waals surface area contributed by atoms with Crippen molar-refractivity contribution in [2.75, 3.05) is 6.54 Å². The van der Waals surface area contributed by atoms with Crippen LogP contribution in [0.4, 0.5) is 0 Å². The maximum atomic E-state index is 12.0. The molecule has 0 saturated heterocycles. The zero-order valence-corrected chi connectivity index (χ0v) is 11.1. The molecule has 0 heterocycles. The van der Waals surface area contributed by atoms with Crippen LogP contribution >= 0.6 is 0 Å². The first kappa shape index (κ1) is 13.4. The van der Waals surface area contributed by atoms with Crippen molar-refractivity contribution in [1.82, 2.24) is 0 Å². The highest BCUT2D eigenvalue weighted by Crippen LogP contribution is 2.13. The van der Waals surface area contributed by atoms with Crippen LogP contribution < -0.4 is 5.73 Å². The lowest BCUT2D eigenvalue weighted by Crippen LogP contribution is -2.17. The number of hydrogen-bond donors (Lipinski definition) is 1. The van der Waals surface area contributed by atoms with Crippen LogP contribution in [0.25, 0.3) is 0 Å². The molecule has 2 nitrogen and oxygen atoms in total. The summed E-state index contributed by atoms with van der Waals surface area (Å²) in [6, 6.07) is 6.36. The standard InChI is InChI=1S/C13H21NOS/c1-10-6-11(2)8-13(7-10)9-16(15)12(3)4-5-14/h6-8,12H,4-5,9,14H2,1-3H3. The molecule has 90 valence electrons. The monoisotopic (exact) mass is 239 g/mol. The highest BCUT2D eigenvalue weighted by Gasteiger charge is 2.11. The second kappa shape index (κ2) is 6.16. The highest BCUT2D eigenvalue weighted by atomic mass is 32.2. The minimum atomic E-state index is -0.812. The third kappa shape index (κ3) is 4.06. The second-order valence-electron chi connectivity index (χ2n) is 4.41. The van der Waals surface area contributed by atoms with Gasteiger partial charge in [0.15, 0.2) is 0 Å². The number of benzene rings is 1. The summed E-state index contributed by atoms with van der Waals surface area (Å²) in [4.78, 5) is 0. The van der Waals surface area contributed by atoms with Gasteiger partial charge in [0.25, 0.3) is 0 Å². The molecule has 0 saturated carbocycles. The summed E-state index contributed by atoms with van der Waals surface area (Å²) in [5, 5.41) is 0.186. The van der Waals surface area contributed by atoms with Crippen molar-refractivity contribution in [3.8, 4) is 0 Å². The van der Waals surface area contributed by atoms with Crippen LogP contribution in [-0.4, -0.2) is 16.0 Å². The van der Waals surface area contributed by atoms with Gasteiger partial charge in [-0.05, 0) is 32.4 Å². The molecule has 2 unspecified atom stereocenters. The van der Waals surface area contributed by atoms with E-state index in [0.29, 0.717) is 12.3 Å². The minimum absolute atomic E-state index is 0.186. The number of hydrogen-bond acceptors (Lipinski definition) is 2. The van der Waals surface area contributed by atoms with Gasteiger partial charge in [-0.25, -0.2) is 0 Å². The van der Waals surface area contributed by atoms with Crippen molar-refractivity contribution >= 4 is 10.8 Å². The summed E-state index contributed by atoms with van der Waals surface area (Å²) in [5.74, 6) is 0.643. The van der Waals surface area contributed by atoms with Crippen LogP contribution in [0.3, 0.4) is 0 Å². The molecule has 0 aliphatic heterocycles. The third-order valence-corrected chi connectivity index (χ3v) is 4.36. The Bertz CT molecular complexity index is 356. The number of nitrogens with two attached hydrogens (primary N) is 1. The van der Waals surface area contributed by atoms with Crippen molar-refractivity contribution in [3.05, 3.63) is 34.9 Å². The first-order valence-electron chi connectivity index (χ1n) is 5.67. The van der Waals surface area contributed by atoms with Gasteiger partial charge in [0.05, 0.1) is 0 Å². The minimum Gasteiger partial charge on any atom is -0.330 e. The smallest absolute Gasteiger partial charge is 0.0488 e. The van der Waals surface area contributed by atoms with E-state index in [1.807, 2.05) is 6.92 Å². The fraction of sp³-hybridized carbons (Fsp3) is 0.538. The molecular weight excluding hydrogens is 218 g/mol. The van der Waals surface area contributed by atoms with E-state index in [0.717, 1.165) is 6.42 Å². The molecule has 0 spiro atoms. The molecule has 2 atom stereocenters. The molecule has 0 aliphatic carbocycles. The molecule has 0 bridgehead atoms. The van der Waals surface area contributed by atoms with Crippen molar-refractivity contribution in [2.24, 2.45) is 5.73 Å². The quantitative estimate of drug-likeness (QED) is 0.856. The molecule has 0 aliphatic rings. The lowest BCUT2D eigenvalue weighted by atomic mass is 10.1. The zero-order chi connectivity index (χ0) is 12.1. The number of aryl methyl sites for hydroxylation is 2. The summed E-state index contributed by atoms with van der Waals surface area (Å²) in [6.45, 7) is 6.76. The molecule has 0 amide bonds. The Morgan fingerprint density at radius 1 is 1.25 bits per heavy atom. The van der Waals surface area contributed by atoms with Crippen molar-refractivity contribution in [2.45, 2.75) is 38.2 Å². The van der Waals surface area contributed by atoms with Crippen LogP contribution in [-0.2, 0) is 16.6 Å². The van der Waals surface area contributed by atoms with Gasteiger partial charge in [-0.1, -0.05) is 36.2 Å². The maximum Gasteiger partial charge on any atom is 0.0488 e. The van der Waals surface area contributed by atoms with Gasteiger partial charge < -0.3 is 5.73 Å². The van der Waals surface area contributed by atoms with Gasteiger partial charge >= 0.3 is 0 Å². The summed E-state index contributed by atoms with van der Waals surface area (Å²) >= 11 is 0. The molecule has 1 rings (SSSR count). The molecule has 1 aromatic carbocycles. The lowest BCUT2D eigenvalue weighted by molar-refractivity contribution is 0.665. The van der Waals surface area contributed by atoms with Crippen molar-refractivity contribution < 1.29 is 4.21 Å². The van der Waals surface area contributed by atoms with E-state index in [9.17, 15) is 4.21 Å².